The molecule has 1 aromatic carbocycles. The molecule has 0 fully saturated rings. The number of hydrogen-bond acceptors (Lipinski definition) is 4. The predicted molar refractivity (Wildman–Crippen MR) is 76.1 cm³/mol. The third kappa shape index (κ3) is 4.13. The number of halogens is 1. The Labute approximate surface area is 121 Å². The first kappa shape index (κ1) is 14.1. The highest BCUT2D eigenvalue weighted by molar-refractivity contribution is 6.31. The van der Waals surface area contributed by atoms with Crippen molar-refractivity contribution in [1.29, 1.82) is 0 Å². The molecule has 0 aliphatic carbocycles. The molecular weight excluding hydrogens is 280 g/mol. The number of hydrogen-bond donors (Lipinski definition) is 1. The molecular formula is C14H13ClN2O3. The van der Waals surface area contributed by atoms with E-state index in [0.717, 1.165) is 11.1 Å². The monoisotopic (exact) mass is 292 g/mol. The van der Waals surface area contributed by atoms with Crippen LogP contribution in [-0.4, -0.2) is 18.7 Å². The lowest BCUT2D eigenvalue weighted by atomic mass is 10.2. The first-order chi connectivity index (χ1) is 9.65. The molecule has 6 heteroatoms. The number of ether oxygens (including phenoxy) is 1. The summed E-state index contributed by atoms with van der Waals surface area (Å²) in [6.07, 6.45) is 4.52. The second-order valence-electron chi connectivity index (χ2n) is 4.05. The van der Waals surface area contributed by atoms with Gasteiger partial charge in [-0.15, -0.1) is 0 Å². The van der Waals surface area contributed by atoms with Crippen LogP contribution in [0.15, 0.2) is 46.3 Å². The van der Waals surface area contributed by atoms with Crippen molar-refractivity contribution < 1.29 is 13.9 Å². The fraction of sp³-hybridized carbons (Fsp3) is 0.143. The molecule has 0 aliphatic heterocycles. The Morgan fingerprint density at radius 3 is 3.05 bits per heavy atom. The van der Waals surface area contributed by atoms with E-state index in [0.29, 0.717) is 10.8 Å². The Balaban J connectivity index is 1.78. The van der Waals surface area contributed by atoms with Crippen LogP contribution >= 0.6 is 11.6 Å². The largest absolute Gasteiger partial charge is 0.484 e. The molecule has 2 rings (SSSR count). The van der Waals surface area contributed by atoms with Gasteiger partial charge in [-0.3, -0.25) is 4.79 Å². The molecule has 1 heterocycles. The van der Waals surface area contributed by atoms with Crippen LogP contribution in [0.3, 0.4) is 0 Å². The Morgan fingerprint density at radius 2 is 2.35 bits per heavy atom. The quantitative estimate of drug-likeness (QED) is 0.681. The first-order valence-corrected chi connectivity index (χ1v) is 6.26. The van der Waals surface area contributed by atoms with Crippen LogP contribution in [0.5, 0.6) is 5.75 Å². The van der Waals surface area contributed by atoms with Crippen LogP contribution in [0.4, 0.5) is 0 Å². The normalized spacial score (nSPS) is 10.7. The summed E-state index contributed by atoms with van der Waals surface area (Å²) in [5.41, 5.74) is 4.01. The molecule has 0 saturated heterocycles. The van der Waals surface area contributed by atoms with E-state index in [1.165, 1.54) is 18.7 Å². The molecule has 0 unspecified atom stereocenters. The number of nitrogens with zero attached hydrogens (tertiary/aromatic N) is 1. The lowest BCUT2D eigenvalue weighted by Crippen LogP contribution is -2.24. The summed E-state index contributed by atoms with van der Waals surface area (Å²) < 4.78 is 10.2. The number of amides is 1. The zero-order chi connectivity index (χ0) is 14.4. The topological polar surface area (TPSA) is 63.8 Å². The van der Waals surface area contributed by atoms with E-state index in [1.807, 2.05) is 6.92 Å². The summed E-state index contributed by atoms with van der Waals surface area (Å²) in [6.45, 7) is 1.74. The standard InChI is InChI=1S/C14H13ClN2O3/c1-10-6-12(2-3-13(10)15)20-9-14(18)17-16-7-11-4-5-19-8-11/h2-8H,9H2,1H3,(H,17,18). The molecule has 1 N–H and O–H groups in total. The zero-order valence-corrected chi connectivity index (χ0v) is 11.6. The number of benzene rings is 1. The summed E-state index contributed by atoms with van der Waals surface area (Å²) >= 11 is 5.90. The van der Waals surface area contributed by atoms with E-state index in [-0.39, 0.29) is 12.5 Å². The smallest absolute Gasteiger partial charge is 0.277 e. The summed E-state index contributed by atoms with van der Waals surface area (Å²) in [7, 11) is 0. The van der Waals surface area contributed by atoms with E-state index in [9.17, 15) is 4.79 Å². The molecule has 0 bridgehead atoms. The molecule has 1 amide bonds. The van der Waals surface area contributed by atoms with Gasteiger partial charge in [0.1, 0.15) is 5.75 Å². The third-order valence-corrected chi connectivity index (χ3v) is 2.87. The maximum Gasteiger partial charge on any atom is 0.277 e. The minimum Gasteiger partial charge on any atom is -0.484 e. The van der Waals surface area contributed by atoms with Crippen molar-refractivity contribution in [3.8, 4) is 5.75 Å². The molecule has 5 nitrogen and oxygen atoms in total. The number of furan rings is 1. The van der Waals surface area contributed by atoms with E-state index in [2.05, 4.69) is 10.5 Å². The minimum atomic E-state index is -0.350. The van der Waals surface area contributed by atoms with Gasteiger partial charge in [-0.05, 0) is 36.8 Å². The summed E-state index contributed by atoms with van der Waals surface area (Å²) in [5.74, 6) is 0.234. The van der Waals surface area contributed by atoms with Crippen LogP contribution in [0, 0.1) is 6.92 Å². The molecule has 0 saturated carbocycles. The average molecular weight is 293 g/mol. The van der Waals surface area contributed by atoms with Crippen LogP contribution in [-0.2, 0) is 4.79 Å². The van der Waals surface area contributed by atoms with Crippen molar-refractivity contribution in [2.45, 2.75) is 6.92 Å². The Hall–Kier alpha value is -2.27. The molecule has 0 radical (unpaired) electrons. The van der Waals surface area contributed by atoms with Crippen LogP contribution in [0.2, 0.25) is 5.02 Å². The average Bonchev–Trinajstić information content (AvgIpc) is 2.93. The van der Waals surface area contributed by atoms with Gasteiger partial charge < -0.3 is 9.15 Å². The van der Waals surface area contributed by atoms with E-state index >= 15 is 0 Å². The van der Waals surface area contributed by atoms with Gasteiger partial charge in [-0.2, -0.15) is 5.10 Å². The van der Waals surface area contributed by atoms with Crippen molar-refractivity contribution in [3.05, 3.63) is 52.9 Å². The third-order valence-electron chi connectivity index (χ3n) is 2.45. The van der Waals surface area contributed by atoms with Crippen LogP contribution < -0.4 is 10.2 Å². The van der Waals surface area contributed by atoms with Gasteiger partial charge in [0.2, 0.25) is 0 Å². The lowest BCUT2D eigenvalue weighted by Gasteiger charge is -2.06. The second kappa shape index (κ2) is 6.77. The van der Waals surface area contributed by atoms with Gasteiger partial charge in [-0.1, -0.05) is 11.6 Å². The molecule has 20 heavy (non-hydrogen) atoms. The van der Waals surface area contributed by atoms with Gasteiger partial charge in [0.05, 0.1) is 18.7 Å². The van der Waals surface area contributed by atoms with Crippen molar-refractivity contribution in [3.63, 3.8) is 0 Å². The van der Waals surface area contributed by atoms with Crippen molar-refractivity contribution in [1.82, 2.24) is 5.43 Å². The number of nitrogens with one attached hydrogen (secondary N) is 1. The number of hydrazone groups is 1. The first-order valence-electron chi connectivity index (χ1n) is 5.88. The maximum atomic E-state index is 11.5. The zero-order valence-electron chi connectivity index (χ0n) is 10.8. The van der Waals surface area contributed by atoms with Gasteiger partial charge >= 0.3 is 0 Å². The molecule has 0 aliphatic rings. The van der Waals surface area contributed by atoms with E-state index in [1.54, 1.807) is 24.3 Å². The minimum absolute atomic E-state index is 0.121. The highest BCUT2D eigenvalue weighted by atomic mass is 35.5. The predicted octanol–water partition coefficient (Wildman–Crippen LogP) is 2.77. The highest BCUT2D eigenvalue weighted by Crippen LogP contribution is 2.20. The van der Waals surface area contributed by atoms with Crippen LogP contribution in [0.1, 0.15) is 11.1 Å². The molecule has 0 atom stereocenters. The van der Waals surface area contributed by atoms with Crippen molar-refractivity contribution in [2.75, 3.05) is 6.61 Å². The fourth-order valence-corrected chi connectivity index (χ4v) is 1.53. The number of carbonyl (C=O) groups is 1. The van der Waals surface area contributed by atoms with E-state index in [4.69, 9.17) is 20.8 Å². The molecule has 0 spiro atoms. The Morgan fingerprint density at radius 1 is 1.50 bits per heavy atom. The number of rotatable bonds is 5. The van der Waals surface area contributed by atoms with Crippen molar-refractivity contribution in [2.24, 2.45) is 5.10 Å². The van der Waals surface area contributed by atoms with Gasteiger partial charge in [0, 0.05) is 10.6 Å². The Kier molecular flexibility index (Phi) is 4.79. The summed E-state index contributed by atoms with van der Waals surface area (Å²) in [5, 5.41) is 4.43. The maximum absolute atomic E-state index is 11.5. The lowest BCUT2D eigenvalue weighted by molar-refractivity contribution is -0.123. The van der Waals surface area contributed by atoms with E-state index < -0.39 is 0 Å². The van der Waals surface area contributed by atoms with Crippen molar-refractivity contribution >= 4 is 23.7 Å². The summed E-state index contributed by atoms with van der Waals surface area (Å²) in [4.78, 5) is 11.5. The molecule has 1 aromatic heterocycles. The number of carbonyl (C=O) groups excluding carboxylic acids is 1. The molecule has 2 aromatic rings. The van der Waals surface area contributed by atoms with Gasteiger partial charge in [0.15, 0.2) is 6.61 Å². The molecule has 104 valence electrons. The fourth-order valence-electron chi connectivity index (χ4n) is 1.42. The summed E-state index contributed by atoms with van der Waals surface area (Å²) in [6, 6.07) is 6.92. The van der Waals surface area contributed by atoms with Gasteiger partial charge in [-0.25, -0.2) is 5.43 Å². The van der Waals surface area contributed by atoms with Crippen LogP contribution in [0.25, 0.3) is 0 Å². The SMILES string of the molecule is Cc1cc(OCC(=O)NN=Cc2ccoc2)ccc1Cl. The highest BCUT2D eigenvalue weighted by Gasteiger charge is 2.03. The van der Waals surface area contributed by atoms with Gasteiger partial charge in [0.25, 0.3) is 5.91 Å². The second-order valence-corrected chi connectivity index (χ2v) is 4.46. The Bertz CT molecular complexity index is 609. The number of aryl methyl sites for hydroxylation is 1.